The summed E-state index contributed by atoms with van der Waals surface area (Å²) in [7, 11) is 0.720. The molecular formula is C12H19NO3S. The largest absolute Gasteiger partial charge is 0.464 e. The molecule has 1 unspecified atom stereocenters. The Morgan fingerprint density at radius 1 is 1.47 bits per heavy atom. The third kappa shape index (κ3) is 4.61. The predicted octanol–water partition coefficient (Wildman–Crippen LogP) is 1.43. The van der Waals surface area contributed by atoms with Crippen LogP contribution in [0.3, 0.4) is 0 Å². The third-order valence-corrected chi connectivity index (χ3v) is 3.91. The van der Waals surface area contributed by atoms with Gasteiger partial charge in [-0.15, -0.1) is 0 Å². The van der Waals surface area contributed by atoms with Gasteiger partial charge in [0.25, 0.3) is 0 Å². The molecule has 1 aliphatic rings. The van der Waals surface area contributed by atoms with Gasteiger partial charge in [0, 0.05) is 29.7 Å². The first-order valence-electron chi connectivity index (χ1n) is 5.93. The lowest BCUT2D eigenvalue weighted by atomic mass is 10.4. The maximum absolute atomic E-state index is 11.6. The standard InChI is InChI=1S/C12H19NO3S/c1-15-6-7-17(14)9-12-5-4-11(16-12)8-13-10-2-3-10/h4-5,10,13H,2-3,6-9H2,1H3. The molecule has 1 aliphatic carbocycles. The SMILES string of the molecule is COCCS(=O)Cc1ccc(CNC2CC2)o1. The van der Waals surface area contributed by atoms with E-state index in [0.717, 1.165) is 18.1 Å². The summed E-state index contributed by atoms with van der Waals surface area (Å²) in [6.07, 6.45) is 2.54. The summed E-state index contributed by atoms with van der Waals surface area (Å²) in [6.45, 7) is 1.30. The summed E-state index contributed by atoms with van der Waals surface area (Å²) in [5.41, 5.74) is 0. The first-order chi connectivity index (χ1) is 8.28. The normalized spacial score (nSPS) is 17.2. The highest BCUT2D eigenvalue weighted by molar-refractivity contribution is 7.84. The zero-order valence-corrected chi connectivity index (χ0v) is 10.9. The molecule has 0 aromatic carbocycles. The molecule has 5 heteroatoms. The molecule has 1 aromatic rings. The first kappa shape index (κ1) is 12.8. The van der Waals surface area contributed by atoms with Gasteiger partial charge in [-0.2, -0.15) is 0 Å². The zero-order chi connectivity index (χ0) is 12.1. The molecule has 4 nitrogen and oxygen atoms in total. The van der Waals surface area contributed by atoms with Gasteiger partial charge < -0.3 is 14.5 Å². The van der Waals surface area contributed by atoms with Gasteiger partial charge in [0.05, 0.1) is 18.9 Å². The van der Waals surface area contributed by atoms with E-state index in [9.17, 15) is 4.21 Å². The van der Waals surface area contributed by atoms with E-state index in [1.165, 1.54) is 12.8 Å². The lowest BCUT2D eigenvalue weighted by molar-refractivity contribution is 0.218. The van der Waals surface area contributed by atoms with Crippen LogP contribution < -0.4 is 5.32 Å². The van der Waals surface area contributed by atoms with Crippen molar-refractivity contribution in [1.29, 1.82) is 0 Å². The van der Waals surface area contributed by atoms with Crippen molar-refractivity contribution < 1.29 is 13.4 Å². The average molecular weight is 257 g/mol. The molecule has 1 fully saturated rings. The van der Waals surface area contributed by atoms with Crippen LogP contribution in [0.5, 0.6) is 0 Å². The predicted molar refractivity (Wildman–Crippen MR) is 67.2 cm³/mol. The average Bonchev–Trinajstić information content (AvgIpc) is 3.05. The second-order valence-electron chi connectivity index (χ2n) is 4.30. The fourth-order valence-corrected chi connectivity index (χ4v) is 2.50. The Hall–Kier alpha value is -0.650. The van der Waals surface area contributed by atoms with Crippen LogP contribution >= 0.6 is 0 Å². The van der Waals surface area contributed by atoms with Crippen molar-refractivity contribution in [3.8, 4) is 0 Å². The minimum Gasteiger partial charge on any atom is -0.464 e. The number of furan rings is 1. The van der Waals surface area contributed by atoms with E-state index in [1.807, 2.05) is 12.1 Å². The summed E-state index contributed by atoms with van der Waals surface area (Å²) in [5, 5.41) is 3.38. The molecule has 0 bridgehead atoms. The van der Waals surface area contributed by atoms with Crippen LogP contribution in [0.1, 0.15) is 24.4 Å². The number of methoxy groups -OCH3 is 1. The molecular weight excluding hydrogens is 238 g/mol. The molecule has 0 spiro atoms. The van der Waals surface area contributed by atoms with E-state index in [4.69, 9.17) is 9.15 Å². The summed E-state index contributed by atoms with van der Waals surface area (Å²) < 4.78 is 22.1. The van der Waals surface area contributed by atoms with E-state index in [-0.39, 0.29) is 0 Å². The summed E-state index contributed by atoms with van der Waals surface area (Å²) in [6, 6.07) is 4.55. The number of rotatable bonds is 8. The van der Waals surface area contributed by atoms with Crippen molar-refractivity contribution in [2.75, 3.05) is 19.5 Å². The van der Waals surface area contributed by atoms with Crippen molar-refractivity contribution in [1.82, 2.24) is 5.32 Å². The molecule has 0 aliphatic heterocycles. The van der Waals surface area contributed by atoms with Crippen LogP contribution in [0.4, 0.5) is 0 Å². The number of nitrogens with one attached hydrogen (secondary N) is 1. The van der Waals surface area contributed by atoms with Crippen LogP contribution in [0.15, 0.2) is 16.5 Å². The highest BCUT2D eigenvalue weighted by Gasteiger charge is 2.20. The van der Waals surface area contributed by atoms with Crippen LogP contribution in [-0.2, 0) is 27.8 Å². The van der Waals surface area contributed by atoms with E-state index in [1.54, 1.807) is 7.11 Å². The molecule has 1 N–H and O–H groups in total. The highest BCUT2D eigenvalue weighted by atomic mass is 32.2. The van der Waals surface area contributed by atoms with Crippen molar-refractivity contribution in [2.24, 2.45) is 0 Å². The first-order valence-corrected chi connectivity index (χ1v) is 7.41. The van der Waals surface area contributed by atoms with Gasteiger partial charge in [-0.3, -0.25) is 4.21 Å². The van der Waals surface area contributed by atoms with Gasteiger partial charge in [-0.05, 0) is 25.0 Å². The molecule has 1 aromatic heterocycles. The van der Waals surface area contributed by atoms with Gasteiger partial charge in [-0.25, -0.2) is 0 Å². The Morgan fingerprint density at radius 3 is 2.94 bits per heavy atom. The Labute approximate surface area is 104 Å². The van der Waals surface area contributed by atoms with Gasteiger partial charge in [-0.1, -0.05) is 0 Å². The topological polar surface area (TPSA) is 51.5 Å². The second kappa shape index (κ2) is 6.33. The minimum atomic E-state index is -0.897. The van der Waals surface area contributed by atoms with Crippen LogP contribution in [0.2, 0.25) is 0 Å². The van der Waals surface area contributed by atoms with Crippen LogP contribution in [0, 0.1) is 0 Å². The lowest BCUT2D eigenvalue weighted by Gasteiger charge is -2.00. The number of hydrogen-bond acceptors (Lipinski definition) is 4. The summed E-state index contributed by atoms with van der Waals surface area (Å²) in [4.78, 5) is 0. The Kier molecular flexibility index (Phi) is 4.76. The smallest absolute Gasteiger partial charge is 0.118 e. The molecule has 1 heterocycles. The van der Waals surface area contributed by atoms with Gasteiger partial charge >= 0.3 is 0 Å². The van der Waals surface area contributed by atoms with E-state index in [2.05, 4.69) is 5.32 Å². The van der Waals surface area contributed by atoms with E-state index >= 15 is 0 Å². The van der Waals surface area contributed by atoms with E-state index in [0.29, 0.717) is 24.2 Å². The number of ether oxygens (including phenoxy) is 1. The molecule has 0 saturated heterocycles. The van der Waals surface area contributed by atoms with Gasteiger partial charge in [0.15, 0.2) is 0 Å². The molecule has 0 radical (unpaired) electrons. The van der Waals surface area contributed by atoms with Crippen LogP contribution in [0.25, 0.3) is 0 Å². The van der Waals surface area contributed by atoms with Gasteiger partial charge in [0.1, 0.15) is 11.5 Å². The minimum absolute atomic E-state index is 0.479. The van der Waals surface area contributed by atoms with Crippen molar-refractivity contribution in [3.05, 3.63) is 23.7 Å². The molecule has 96 valence electrons. The second-order valence-corrected chi connectivity index (χ2v) is 5.88. The molecule has 1 atom stereocenters. The molecule has 17 heavy (non-hydrogen) atoms. The Bertz CT molecular complexity index is 374. The maximum atomic E-state index is 11.6. The van der Waals surface area contributed by atoms with Crippen molar-refractivity contribution in [2.45, 2.75) is 31.2 Å². The van der Waals surface area contributed by atoms with Crippen molar-refractivity contribution in [3.63, 3.8) is 0 Å². The summed E-state index contributed by atoms with van der Waals surface area (Å²) >= 11 is 0. The third-order valence-electron chi connectivity index (χ3n) is 2.68. The van der Waals surface area contributed by atoms with Crippen molar-refractivity contribution >= 4 is 10.8 Å². The summed E-state index contributed by atoms with van der Waals surface area (Å²) in [5.74, 6) is 2.77. The van der Waals surface area contributed by atoms with Crippen LogP contribution in [-0.4, -0.2) is 29.7 Å². The fraction of sp³-hybridized carbons (Fsp3) is 0.667. The molecule has 1 saturated carbocycles. The molecule has 2 rings (SSSR count). The lowest BCUT2D eigenvalue weighted by Crippen LogP contribution is -2.14. The molecule has 0 amide bonds. The van der Waals surface area contributed by atoms with Gasteiger partial charge in [0.2, 0.25) is 0 Å². The fourth-order valence-electron chi connectivity index (χ4n) is 1.53. The highest BCUT2D eigenvalue weighted by Crippen LogP contribution is 2.19. The van der Waals surface area contributed by atoms with E-state index < -0.39 is 10.8 Å². The zero-order valence-electron chi connectivity index (χ0n) is 10.1. The Morgan fingerprint density at radius 2 is 2.24 bits per heavy atom. The quantitative estimate of drug-likeness (QED) is 0.765. The number of hydrogen-bond donors (Lipinski definition) is 1. The Balaban J connectivity index is 1.74. The monoisotopic (exact) mass is 257 g/mol. The maximum Gasteiger partial charge on any atom is 0.118 e.